The second-order valence-corrected chi connectivity index (χ2v) is 4.35. The van der Waals surface area contributed by atoms with E-state index in [9.17, 15) is 4.79 Å². The number of carbonyl (C=O) groups is 1. The average molecular weight is 264 g/mol. The number of hydrogen-bond donors (Lipinski definition) is 2. The summed E-state index contributed by atoms with van der Waals surface area (Å²) in [6.07, 6.45) is 1.39. The lowest BCUT2D eigenvalue weighted by molar-refractivity contribution is -0.121. The van der Waals surface area contributed by atoms with Crippen LogP contribution in [-0.4, -0.2) is 32.1 Å². The molecule has 0 saturated heterocycles. The molecule has 1 aromatic rings. The van der Waals surface area contributed by atoms with Crippen molar-refractivity contribution in [1.29, 1.82) is 0 Å². The first-order valence-electron chi connectivity index (χ1n) is 6.92. The van der Waals surface area contributed by atoms with Gasteiger partial charge in [0.2, 0.25) is 5.91 Å². The minimum absolute atomic E-state index is 0.101. The Labute approximate surface area is 115 Å². The van der Waals surface area contributed by atoms with Crippen LogP contribution in [0.3, 0.4) is 0 Å². The number of rotatable bonds is 10. The molecule has 4 heteroatoms. The zero-order valence-electron chi connectivity index (χ0n) is 11.7. The summed E-state index contributed by atoms with van der Waals surface area (Å²) in [5.41, 5.74) is 1.18. The number of hydrogen-bond acceptors (Lipinski definition) is 3. The Balaban J connectivity index is 1.92. The summed E-state index contributed by atoms with van der Waals surface area (Å²) in [4.78, 5) is 11.4. The maximum atomic E-state index is 11.4. The lowest BCUT2D eigenvalue weighted by Gasteiger charge is -2.06. The monoisotopic (exact) mass is 264 g/mol. The van der Waals surface area contributed by atoms with Crippen LogP contribution >= 0.6 is 0 Å². The first-order valence-corrected chi connectivity index (χ1v) is 6.92. The van der Waals surface area contributed by atoms with Crippen molar-refractivity contribution in [2.24, 2.45) is 0 Å². The molecule has 0 aromatic heterocycles. The second kappa shape index (κ2) is 10.5. The molecule has 106 valence electrons. The summed E-state index contributed by atoms with van der Waals surface area (Å²) in [5, 5.41) is 6.00. The fourth-order valence-electron chi connectivity index (χ4n) is 1.63. The third kappa shape index (κ3) is 8.35. The largest absolute Gasteiger partial charge is 0.377 e. The summed E-state index contributed by atoms with van der Waals surface area (Å²) < 4.78 is 5.54. The van der Waals surface area contributed by atoms with Gasteiger partial charge in [0.25, 0.3) is 0 Å². The van der Waals surface area contributed by atoms with E-state index in [1.54, 1.807) is 0 Å². The molecule has 0 aliphatic heterocycles. The third-order valence-corrected chi connectivity index (χ3v) is 2.68. The topological polar surface area (TPSA) is 50.4 Å². The van der Waals surface area contributed by atoms with Crippen LogP contribution in [0.1, 0.15) is 25.3 Å². The van der Waals surface area contributed by atoms with Gasteiger partial charge in [0.05, 0.1) is 6.61 Å². The normalized spacial score (nSPS) is 10.4. The van der Waals surface area contributed by atoms with Gasteiger partial charge in [-0.2, -0.15) is 0 Å². The van der Waals surface area contributed by atoms with Crippen LogP contribution in [0.15, 0.2) is 30.3 Å². The number of carbonyl (C=O) groups excluding carboxylic acids is 1. The second-order valence-electron chi connectivity index (χ2n) is 4.35. The van der Waals surface area contributed by atoms with Crippen LogP contribution in [0.25, 0.3) is 0 Å². The van der Waals surface area contributed by atoms with Crippen LogP contribution in [0.5, 0.6) is 0 Å². The Morgan fingerprint density at radius 3 is 2.74 bits per heavy atom. The summed E-state index contributed by atoms with van der Waals surface area (Å²) in [6, 6.07) is 10.1. The summed E-state index contributed by atoms with van der Waals surface area (Å²) in [6.45, 7) is 5.66. The number of ether oxygens (including phenoxy) is 1. The van der Waals surface area contributed by atoms with E-state index in [0.717, 1.165) is 19.5 Å². The molecule has 0 bridgehead atoms. The highest BCUT2D eigenvalue weighted by Gasteiger charge is 1.99. The Morgan fingerprint density at radius 2 is 2.00 bits per heavy atom. The Hall–Kier alpha value is -1.39. The van der Waals surface area contributed by atoms with Crippen LogP contribution in [0, 0.1) is 0 Å². The molecule has 0 heterocycles. The molecule has 0 spiro atoms. The molecule has 4 nitrogen and oxygen atoms in total. The predicted molar refractivity (Wildman–Crippen MR) is 76.9 cm³/mol. The van der Waals surface area contributed by atoms with E-state index in [1.807, 2.05) is 37.3 Å². The predicted octanol–water partition coefficient (Wildman–Crippen LogP) is 1.71. The van der Waals surface area contributed by atoms with Gasteiger partial charge in [0.1, 0.15) is 0 Å². The molecular weight excluding hydrogens is 240 g/mol. The SMILES string of the molecule is CCNCCC(=O)NCCCOCc1ccccc1. The van der Waals surface area contributed by atoms with Crippen LogP contribution in [-0.2, 0) is 16.1 Å². The van der Waals surface area contributed by atoms with E-state index >= 15 is 0 Å². The maximum Gasteiger partial charge on any atom is 0.221 e. The molecule has 0 saturated carbocycles. The number of amides is 1. The minimum Gasteiger partial charge on any atom is -0.377 e. The molecule has 2 N–H and O–H groups in total. The van der Waals surface area contributed by atoms with Gasteiger partial charge in [-0.3, -0.25) is 4.79 Å². The van der Waals surface area contributed by atoms with Gasteiger partial charge in [-0.15, -0.1) is 0 Å². The molecule has 1 rings (SSSR count). The lowest BCUT2D eigenvalue weighted by atomic mass is 10.2. The van der Waals surface area contributed by atoms with Crippen molar-refractivity contribution in [3.05, 3.63) is 35.9 Å². The molecule has 1 aromatic carbocycles. The molecule has 0 fully saturated rings. The summed E-state index contributed by atoms with van der Waals surface area (Å²) in [5.74, 6) is 0.101. The van der Waals surface area contributed by atoms with Crippen molar-refractivity contribution in [3.8, 4) is 0 Å². The summed E-state index contributed by atoms with van der Waals surface area (Å²) in [7, 11) is 0. The highest BCUT2D eigenvalue weighted by molar-refractivity contribution is 5.75. The molecule has 1 amide bonds. The van der Waals surface area contributed by atoms with E-state index in [0.29, 0.717) is 26.2 Å². The maximum absolute atomic E-state index is 11.4. The van der Waals surface area contributed by atoms with Gasteiger partial charge in [-0.25, -0.2) is 0 Å². The first-order chi connectivity index (χ1) is 9.33. The van der Waals surface area contributed by atoms with Crippen molar-refractivity contribution in [2.45, 2.75) is 26.4 Å². The Morgan fingerprint density at radius 1 is 1.21 bits per heavy atom. The molecule has 0 aliphatic rings. The minimum atomic E-state index is 0.101. The van der Waals surface area contributed by atoms with Crippen LogP contribution in [0.2, 0.25) is 0 Å². The van der Waals surface area contributed by atoms with E-state index < -0.39 is 0 Å². The van der Waals surface area contributed by atoms with Gasteiger partial charge < -0.3 is 15.4 Å². The quantitative estimate of drug-likeness (QED) is 0.633. The van der Waals surface area contributed by atoms with Crippen molar-refractivity contribution in [2.75, 3.05) is 26.2 Å². The van der Waals surface area contributed by atoms with Crippen molar-refractivity contribution in [1.82, 2.24) is 10.6 Å². The lowest BCUT2D eigenvalue weighted by Crippen LogP contribution is -2.28. The van der Waals surface area contributed by atoms with E-state index in [2.05, 4.69) is 10.6 Å². The van der Waals surface area contributed by atoms with Gasteiger partial charge >= 0.3 is 0 Å². The zero-order valence-corrected chi connectivity index (χ0v) is 11.7. The molecule has 0 unspecified atom stereocenters. The van der Waals surface area contributed by atoms with Crippen LogP contribution in [0.4, 0.5) is 0 Å². The Bertz CT molecular complexity index is 341. The van der Waals surface area contributed by atoms with Crippen molar-refractivity contribution < 1.29 is 9.53 Å². The summed E-state index contributed by atoms with van der Waals surface area (Å²) >= 11 is 0. The molecule has 0 radical (unpaired) electrons. The van der Waals surface area contributed by atoms with E-state index in [-0.39, 0.29) is 5.91 Å². The third-order valence-electron chi connectivity index (χ3n) is 2.68. The average Bonchev–Trinajstić information content (AvgIpc) is 2.44. The highest BCUT2D eigenvalue weighted by Crippen LogP contribution is 2.00. The first kappa shape index (κ1) is 15.7. The van der Waals surface area contributed by atoms with Crippen molar-refractivity contribution >= 4 is 5.91 Å². The van der Waals surface area contributed by atoms with Gasteiger partial charge in [-0.1, -0.05) is 37.3 Å². The highest BCUT2D eigenvalue weighted by atomic mass is 16.5. The molecular formula is C15H24N2O2. The van der Waals surface area contributed by atoms with Gasteiger partial charge in [0, 0.05) is 26.1 Å². The standard InChI is InChI=1S/C15H24N2O2/c1-2-16-11-9-15(18)17-10-6-12-19-13-14-7-4-3-5-8-14/h3-5,7-8,16H,2,6,9-13H2,1H3,(H,17,18). The van der Waals surface area contributed by atoms with Crippen LogP contribution < -0.4 is 10.6 Å². The van der Waals surface area contributed by atoms with Gasteiger partial charge in [0.15, 0.2) is 0 Å². The fourth-order valence-corrected chi connectivity index (χ4v) is 1.63. The molecule has 0 aliphatic carbocycles. The van der Waals surface area contributed by atoms with E-state index in [4.69, 9.17) is 4.74 Å². The van der Waals surface area contributed by atoms with E-state index in [1.165, 1.54) is 5.56 Å². The Kier molecular flexibility index (Phi) is 8.68. The smallest absolute Gasteiger partial charge is 0.221 e. The zero-order chi connectivity index (χ0) is 13.8. The number of benzene rings is 1. The molecule has 19 heavy (non-hydrogen) atoms. The molecule has 0 atom stereocenters. The fraction of sp³-hybridized carbons (Fsp3) is 0.533. The van der Waals surface area contributed by atoms with Gasteiger partial charge in [-0.05, 0) is 18.5 Å². The van der Waals surface area contributed by atoms with Crippen molar-refractivity contribution in [3.63, 3.8) is 0 Å². The number of nitrogens with one attached hydrogen (secondary N) is 2.